The monoisotopic (exact) mass is 200 g/mol. The summed E-state index contributed by atoms with van der Waals surface area (Å²) < 4.78 is 0. The fourth-order valence-corrected chi connectivity index (χ4v) is 1.33. The van der Waals surface area contributed by atoms with E-state index in [1.807, 2.05) is 31.2 Å². The van der Waals surface area contributed by atoms with Crippen molar-refractivity contribution in [2.24, 2.45) is 0 Å². The normalized spacial score (nSPS) is 10.0. The Labute approximate surface area is 88.4 Å². The number of aryl methyl sites for hydroxylation is 1. The molecule has 0 radical (unpaired) electrons. The zero-order valence-electron chi connectivity index (χ0n) is 8.73. The van der Waals surface area contributed by atoms with Crippen LogP contribution < -0.4 is 5.32 Å². The summed E-state index contributed by atoms with van der Waals surface area (Å²) in [6.07, 6.45) is 1.76. The van der Waals surface area contributed by atoms with Crippen molar-refractivity contribution >= 4 is 5.95 Å². The second kappa shape index (κ2) is 4.04. The molecule has 2 heterocycles. The summed E-state index contributed by atoms with van der Waals surface area (Å²) in [6, 6.07) is 7.68. The number of anilines is 1. The van der Waals surface area contributed by atoms with Crippen LogP contribution in [0.25, 0.3) is 11.4 Å². The van der Waals surface area contributed by atoms with Gasteiger partial charge in [0.25, 0.3) is 0 Å². The van der Waals surface area contributed by atoms with Crippen molar-refractivity contribution in [3.05, 3.63) is 36.2 Å². The molecule has 4 heteroatoms. The Morgan fingerprint density at radius 2 is 2.00 bits per heavy atom. The molecule has 0 saturated carbocycles. The number of hydrogen-bond acceptors (Lipinski definition) is 4. The maximum absolute atomic E-state index is 4.34. The van der Waals surface area contributed by atoms with Gasteiger partial charge in [-0.05, 0) is 25.1 Å². The van der Waals surface area contributed by atoms with Gasteiger partial charge in [0.1, 0.15) is 0 Å². The third kappa shape index (κ3) is 2.10. The first-order valence-electron chi connectivity index (χ1n) is 4.74. The number of nitrogens with zero attached hydrogens (tertiary/aromatic N) is 3. The summed E-state index contributed by atoms with van der Waals surface area (Å²) in [7, 11) is 1.80. The SMILES string of the molecule is CNc1nc(C)cc(-c2ccccn2)n1. The Morgan fingerprint density at radius 1 is 1.13 bits per heavy atom. The first-order chi connectivity index (χ1) is 7.29. The van der Waals surface area contributed by atoms with E-state index in [-0.39, 0.29) is 0 Å². The van der Waals surface area contributed by atoms with E-state index >= 15 is 0 Å². The molecule has 0 atom stereocenters. The molecule has 0 aliphatic rings. The van der Waals surface area contributed by atoms with E-state index in [4.69, 9.17) is 0 Å². The molecule has 0 saturated heterocycles. The second-order valence-electron chi connectivity index (χ2n) is 3.18. The van der Waals surface area contributed by atoms with Gasteiger partial charge in [-0.2, -0.15) is 0 Å². The van der Waals surface area contributed by atoms with Crippen LogP contribution in [0.4, 0.5) is 5.95 Å². The molecular formula is C11H12N4. The summed E-state index contributed by atoms with van der Waals surface area (Å²) in [5.41, 5.74) is 2.63. The highest BCUT2D eigenvalue weighted by Gasteiger charge is 2.03. The zero-order valence-corrected chi connectivity index (χ0v) is 8.73. The maximum atomic E-state index is 4.34. The van der Waals surface area contributed by atoms with Crippen molar-refractivity contribution < 1.29 is 0 Å². The summed E-state index contributed by atoms with van der Waals surface area (Å²) in [4.78, 5) is 12.8. The van der Waals surface area contributed by atoms with Crippen LogP contribution in [0.5, 0.6) is 0 Å². The van der Waals surface area contributed by atoms with Crippen LogP contribution in [0.15, 0.2) is 30.5 Å². The van der Waals surface area contributed by atoms with Gasteiger partial charge in [-0.1, -0.05) is 6.07 Å². The second-order valence-corrected chi connectivity index (χ2v) is 3.18. The standard InChI is InChI=1S/C11H12N4/c1-8-7-10(15-11(12-2)14-8)9-5-3-4-6-13-9/h3-7H,1-2H3,(H,12,14,15). The first-order valence-corrected chi connectivity index (χ1v) is 4.74. The minimum Gasteiger partial charge on any atom is -0.357 e. The van der Waals surface area contributed by atoms with Gasteiger partial charge in [0, 0.05) is 18.9 Å². The van der Waals surface area contributed by atoms with E-state index in [1.54, 1.807) is 13.2 Å². The molecular weight excluding hydrogens is 188 g/mol. The number of pyridine rings is 1. The van der Waals surface area contributed by atoms with Crippen LogP contribution in [0.1, 0.15) is 5.69 Å². The zero-order chi connectivity index (χ0) is 10.7. The molecule has 4 nitrogen and oxygen atoms in total. The molecule has 15 heavy (non-hydrogen) atoms. The van der Waals surface area contributed by atoms with Crippen LogP contribution in [0.2, 0.25) is 0 Å². The molecule has 2 rings (SSSR count). The topological polar surface area (TPSA) is 50.7 Å². The van der Waals surface area contributed by atoms with Crippen LogP contribution in [-0.2, 0) is 0 Å². The highest BCUT2D eigenvalue weighted by molar-refractivity contribution is 5.55. The van der Waals surface area contributed by atoms with Crippen LogP contribution in [-0.4, -0.2) is 22.0 Å². The predicted molar refractivity (Wildman–Crippen MR) is 59.5 cm³/mol. The smallest absolute Gasteiger partial charge is 0.223 e. The molecule has 0 aromatic carbocycles. The molecule has 1 N–H and O–H groups in total. The van der Waals surface area contributed by atoms with Gasteiger partial charge < -0.3 is 5.32 Å². The molecule has 0 bridgehead atoms. The first kappa shape index (κ1) is 9.58. The number of nitrogens with one attached hydrogen (secondary N) is 1. The Balaban J connectivity index is 2.49. The van der Waals surface area contributed by atoms with Crippen LogP contribution in [0.3, 0.4) is 0 Å². The van der Waals surface area contributed by atoms with Crippen molar-refractivity contribution in [1.82, 2.24) is 15.0 Å². The lowest BCUT2D eigenvalue weighted by atomic mass is 10.2. The van der Waals surface area contributed by atoms with Crippen molar-refractivity contribution in [2.45, 2.75) is 6.92 Å². The van der Waals surface area contributed by atoms with Gasteiger partial charge in [0.15, 0.2) is 0 Å². The molecule has 0 fully saturated rings. The van der Waals surface area contributed by atoms with Gasteiger partial charge in [-0.25, -0.2) is 9.97 Å². The highest BCUT2D eigenvalue weighted by Crippen LogP contribution is 2.15. The lowest BCUT2D eigenvalue weighted by molar-refractivity contribution is 1.09. The molecule has 0 unspecified atom stereocenters. The van der Waals surface area contributed by atoms with E-state index in [2.05, 4.69) is 20.3 Å². The third-order valence-electron chi connectivity index (χ3n) is 2.01. The lowest BCUT2D eigenvalue weighted by Crippen LogP contribution is -1.99. The minimum absolute atomic E-state index is 0.621. The van der Waals surface area contributed by atoms with E-state index < -0.39 is 0 Å². The third-order valence-corrected chi connectivity index (χ3v) is 2.01. The summed E-state index contributed by atoms with van der Waals surface area (Å²) in [5.74, 6) is 0.621. The van der Waals surface area contributed by atoms with Crippen molar-refractivity contribution in [1.29, 1.82) is 0 Å². The molecule has 0 amide bonds. The minimum atomic E-state index is 0.621. The van der Waals surface area contributed by atoms with Gasteiger partial charge >= 0.3 is 0 Å². The summed E-state index contributed by atoms with van der Waals surface area (Å²) >= 11 is 0. The fraction of sp³-hybridized carbons (Fsp3) is 0.182. The van der Waals surface area contributed by atoms with E-state index in [1.165, 1.54) is 0 Å². The Morgan fingerprint density at radius 3 is 2.67 bits per heavy atom. The average Bonchev–Trinajstić information content (AvgIpc) is 2.29. The van der Waals surface area contributed by atoms with Gasteiger partial charge in [-0.15, -0.1) is 0 Å². The van der Waals surface area contributed by atoms with Crippen molar-refractivity contribution in [3.8, 4) is 11.4 Å². The number of rotatable bonds is 2. The molecule has 0 aliphatic carbocycles. The number of aromatic nitrogens is 3. The van der Waals surface area contributed by atoms with Crippen molar-refractivity contribution in [3.63, 3.8) is 0 Å². The van der Waals surface area contributed by atoms with Crippen LogP contribution in [0, 0.1) is 6.92 Å². The molecule has 0 aliphatic heterocycles. The Hall–Kier alpha value is -1.97. The predicted octanol–water partition coefficient (Wildman–Crippen LogP) is 1.89. The van der Waals surface area contributed by atoms with Crippen molar-refractivity contribution in [2.75, 3.05) is 12.4 Å². The maximum Gasteiger partial charge on any atom is 0.223 e. The molecule has 2 aromatic rings. The quantitative estimate of drug-likeness (QED) is 0.804. The van der Waals surface area contributed by atoms with Gasteiger partial charge in [0.2, 0.25) is 5.95 Å². The van der Waals surface area contributed by atoms with E-state index in [9.17, 15) is 0 Å². The Bertz CT molecular complexity index is 453. The molecule has 76 valence electrons. The highest BCUT2D eigenvalue weighted by atomic mass is 15.1. The molecule has 0 spiro atoms. The lowest BCUT2D eigenvalue weighted by Gasteiger charge is -2.04. The van der Waals surface area contributed by atoms with E-state index in [0.29, 0.717) is 5.95 Å². The summed E-state index contributed by atoms with van der Waals surface area (Å²) in [5, 5.41) is 2.93. The fourth-order valence-electron chi connectivity index (χ4n) is 1.33. The van der Waals surface area contributed by atoms with Crippen LogP contribution >= 0.6 is 0 Å². The largest absolute Gasteiger partial charge is 0.357 e. The van der Waals surface area contributed by atoms with Gasteiger partial charge in [-0.3, -0.25) is 4.98 Å². The molecule has 2 aromatic heterocycles. The number of hydrogen-bond donors (Lipinski definition) is 1. The summed E-state index contributed by atoms with van der Waals surface area (Å²) in [6.45, 7) is 1.94. The van der Waals surface area contributed by atoms with Gasteiger partial charge in [0.05, 0.1) is 11.4 Å². The average molecular weight is 200 g/mol. The Kier molecular flexibility index (Phi) is 2.58. The van der Waals surface area contributed by atoms with E-state index in [0.717, 1.165) is 17.1 Å².